The molecular weight excluding hydrogens is 366 g/mol. The number of benzene rings is 2. The largest absolute Gasteiger partial charge is 0.389 e. The second-order valence-corrected chi connectivity index (χ2v) is 7.55. The number of aliphatic hydroxyl groups is 1. The number of hydrogen-bond donors (Lipinski definition) is 2. The van der Waals surface area contributed by atoms with Crippen molar-refractivity contribution in [1.29, 1.82) is 0 Å². The molecule has 2 aromatic carbocycles. The first-order chi connectivity index (χ1) is 14.1. The molecule has 1 fully saturated rings. The van der Waals surface area contributed by atoms with Crippen LogP contribution < -0.4 is 0 Å². The smallest absolute Gasteiger partial charge is 0.242 e. The number of carbonyl (C=O) groups is 2. The van der Waals surface area contributed by atoms with Gasteiger partial charge in [0.2, 0.25) is 11.8 Å². The molecule has 3 aromatic rings. The number of hydrogen-bond acceptors (Lipinski definition) is 3. The number of amides is 2. The van der Waals surface area contributed by atoms with E-state index in [1.807, 2.05) is 60.8 Å². The molecule has 150 valence electrons. The van der Waals surface area contributed by atoms with Gasteiger partial charge in [-0.25, -0.2) is 0 Å². The molecule has 1 atom stereocenters. The van der Waals surface area contributed by atoms with Crippen LogP contribution in [-0.4, -0.2) is 57.4 Å². The number of nitrogens with zero attached hydrogens (tertiary/aromatic N) is 2. The molecule has 0 radical (unpaired) electrons. The zero-order valence-electron chi connectivity index (χ0n) is 16.3. The average Bonchev–Trinajstić information content (AvgIpc) is 3.08. The van der Waals surface area contributed by atoms with Gasteiger partial charge in [-0.15, -0.1) is 0 Å². The third kappa shape index (κ3) is 4.49. The van der Waals surface area contributed by atoms with E-state index in [1.165, 1.54) is 4.90 Å². The van der Waals surface area contributed by atoms with Crippen LogP contribution in [0.2, 0.25) is 0 Å². The molecule has 29 heavy (non-hydrogen) atoms. The number of fused-ring (bicyclic) bond motifs is 1. The summed E-state index contributed by atoms with van der Waals surface area (Å²) < 4.78 is 0. The second-order valence-electron chi connectivity index (χ2n) is 7.55. The number of β-amino-alcohol motifs (C(OH)–C–C–N with tert-alkyl or cyclic N) is 1. The van der Waals surface area contributed by atoms with Gasteiger partial charge in [0.05, 0.1) is 12.6 Å². The lowest BCUT2D eigenvalue weighted by atomic mass is 10.1. The standard InChI is InChI=1S/C23H25N3O3/c27-19-14-25(13-17-6-2-1-3-7-17)23(29)16-26(15-19)22(28)11-10-18-12-24-21-9-5-4-8-20(18)21/h1-9,12,19,24,27H,10-11,13-16H2. The van der Waals surface area contributed by atoms with E-state index in [0.29, 0.717) is 19.4 Å². The number of aliphatic hydroxyl groups excluding tert-OH is 1. The maximum Gasteiger partial charge on any atom is 0.242 e. The van der Waals surface area contributed by atoms with Gasteiger partial charge in [-0.2, -0.15) is 0 Å². The minimum absolute atomic E-state index is 0.0105. The summed E-state index contributed by atoms with van der Waals surface area (Å²) in [6, 6.07) is 17.7. The highest BCUT2D eigenvalue weighted by atomic mass is 16.3. The molecule has 4 rings (SSSR count). The number of H-pyrrole nitrogens is 1. The predicted molar refractivity (Wildman–Crippen MR) is 111 cm³/mol. The molecule has 1 unspecified atom stereocenters. The number of nitrogens with one attached hydrogen (secondary N) is 1. The molecule has 2 amide bonds. The van der Waals surface area contributed by atoms with Crippen LogP contribution in [-0.2, 0) is 22.6 Å². The van der Waals surface area contributed by atoms with Crippen LogP contribution in [0, 0.1) is 0 Å². The third-order valence-corrected chi connectivity index (χ3v) is 5.39. The quantitative estimate of drug-likeness (QED) is 0.701. The fourth-order valence-electron chi connectivity index (χ4n) is 3.88. The number of aromatic amines is 1. The normalized spacial score (nSPS) is 17.6. The fourth-order valence-corrected chi connectivity index (χ4v) is 3.88. The highest BCUT2D eigenvalue weighted by molar-refractivity contribution is 5.87. The van der Waals surface area contributed by atoms with E-state index in [2.05, 4.69) is 4.98 Å². The van der Waals surface area contributed by atoms with Crippen molar-refractivity contribution < 1.29 is 14.7 Å². The van der Waals surface area contributed by atoms with Crippen molar-refractivity contribution in [3.05, 3.63) is 71.9 Å². The summed E-state index contributed by atoms with van der Waals surface area (Å²) in [5, 5.41) is 11.5. The van der Waals surface area contributed by atoms with Gasteiger partial charge in [0.15, 0.2) is 0 Å². The molecule has 0 aliphatic carbocycles. The van der Waals surface area contributed by atoms with Crippen molar-refractivity contribution in [3.8, 4) is 0 Å². The van der Waals surface area contributed by atoms with Gasteiger partial charge in [0.25, 0.3) is 0 Å². The predicted octanol–water partition coefficient (Wildman–Crippen LogP) is 2.33. The SMILES string of the molecule is O=C(CCc1c[nH]c2ccccc12)N1CC(=O)N(Cc2ccccc2)CC(O)C1. The first kappa shape index (κ1) is 19.2. The van der Waals surface area contributed by atoms with Crippen molar-refractivity contribution in [3.63, 3.8) is 0 Å². The Bertz CT molecular complexity index is 999. The Morgan fingerprint density at radius 3 is 2.66 bits per heavy atom. The van der Waals surface area contributed by atoms with Gasteiger partial charge in [0, 0.05) is 43.2 Å². The maximum absolute atomic E-state index is 12.8. The Balaban J connectivity index is 1.39. The minimum Gasteiger partial charge on any atom is -0.389 e. The van der Waals surface area contributed by atoms with Gasteiger partial charge in [-0.1, -0.05) is 48.5 Å². The van der Waals surface area contributed by atoms with Crippen LogP contribution in [0.1, 0.15) is 17.5 Å². The van der Waals surface area contributed by atoms with Crippen molar-refractivity contribution in [2.75, 3.05) is 19.6 Å². The summed E-state index contributed by atoms with van der Waals surface area (Å²) >= 11 is 0. The highest BCUT2D eigenvalue weighted by Gasteiger charge is 2.29. The topological polar surface area (TPSA) is 76.6 Å². The zero-order valence-corrected chi connectivity index (χ0v) is 16.3. The molecule has 0 spiro atoms. The summed E-state index contributed by atoms with van der Waals surface area (Å²) in [6.07, 6.45) is 2.09. The first-order valence-electron chi connectivity index (χ1n) is 9.92. The number of para-hydroxylation sites is 1. The molecular formula is C23H25N3O3. The lowest BCUT2D eigenvalue weighted by Crippen LogP contribution is -2.39. The lowest BCUT2D eigenvalue weighted by Gasteiger charge is -2.22. The molecule has 6 nitrogen and oxygen atoms in total. The van der Waals surface area contributed by atoms with Crippen LogP contribution in [0.5, 0.6) is 0 Å². The Hall–Kier alpha value is -3.12. The van der Waals surface area contributed by atoms with Gasteiger partial charge in [-0.05, 0) is 23.6 Å². The molecule has 0 bridgehead atoms. The van der Waals surface area contributed by atoms with Crippen LogP contribution in [0.3, 0.4) is 0 Å². The van der Waals surface area contributed by atoms with Crippen molar-refractivity contribution in [2.45, 2.75) is 25.5 Å². The number of rotatable bonds is 5. The number of aryl methyl sites for hydroxylation is 1. The van der Waals surface area contributed by atoms with Crippen molar-refractivity contribution in [1.82, 2.24) is 14.8 Å². The van der Waals surface area contributed by atoms with E-state index in [0.717, 1.165) is 22.0 Å². The van der Waals surface area contributed by atoms with E-state index in [-0.39, 0.29) is 31.4 Å². The van der Waals surface area contributed by atoms with Gasteiger partial charge in [-0.3, -0.25) is 9.59 Å². The molecule has 1 aliphatic heterocycles. The van der Waals surface area contributed by atoms with E-state index in [1.54, 1.807) is 4.90 Å². The van der Waals surface area contributed by atoms with Crippen LogP contribution in [0.4, 0.5) is 0 Å². The first-order valence-corrected chi connectivity index (χ1v) is 9.92. The summed E-state index contributed by atoms with van der Waals surface area (Å²) in [6.45, 7) is 0.869. The van der Waals surface area contributed by atoms with E-state index < -0.39 is 6.10 Å². The summed E-state index contributed by atoms with van der Waals surface area (Å²) in [7, 11) is 0. The summed E-state index contributed by atoms with van der Waals surface area (Å²) in [5.74, 6) is -0.241. The number of aromatic nitrogens is 1. The van der Waals surface area contributed by atoms with Gasteiger partial charge < -0.3 is 19.9 Å². The molecule has 1 aliphatic rings. The molecule has 1 aromatic heterocycles. The summed E-state index contributed by atoms with van der Waals surface area (Å²) in [5.41, 5.74) is 3.14. The second kappa shape index (κ2) is 8.49. The zero-order chi connectivity index (χ0) is 20.2. The lowest BCUT2D eigenvalue weighted by molar-refractivity contribution is -0.139. The molecule has 2 N–H and O–H groups in total. The third-order valence-electron chi connectivity index (χ3n) is 5.39. The van der Waals surface area contributed by atoms with Crippen LogP contribution in [0.15, 0.2) is 60.8 Å². The maximum atomic E-state index is 12.8. The monoisotopic (exact) mass is 391 g/mol. The molecule has 1 saturated heterocycles. The molecule has 6 heteroatoms. The van der Waals surface area contributed by atoms with Crippen molar-refractivity contribution >= 4 is 22.7 Å². The van der Waals surface area contributed by atoms with Crippen LogP contribution >= 0.6 is 0 Å². The van der Waals surface area contributed by atoms with Crippen LogP contribution in [0.25, 0.3) is 10.9 Å². The summed E-state index contributed by atoms with van der Waals surface area (Å²) in [4.78, 5) is 31.8. The molecule has 2 heterocycles. The minimum atomic E-state index is -0.748. The van der Waals surface area contributed by atoms with E-state index in [4.69, 9.17) is 0 Å². The Kier molecular flexibility index (Phi) is 5.62. The number of carbonyl (C=O) groups excluding carboxylic acids is 2. The van der Waals surface area contributed by atoms with Gasteiger partial charge in [0.1, 0.15) is 0 Å². The van der Waals surface area contributed by atoms with Crippen molar-refractivity contribution in [2.24, 2.45) is 0 Å². The Labute approximate surface area is 169 Å². The van der Waals surface area contributed by atoms with E-state index >= 15 is 0 Å². The van der Waals surface area contributed by atoms with Gasteiger partial charge >= 0.3 is 0 Å². The Morgan fingerprint density at radius 2 is 1.83 bits per heavy atom. The average molecular weight is 391 g/mol. The fraction of sp³-hybridized carbons (Fsp3) is 0.304. The van der Waals surface area contributed by atoms with E-state index in [9.17, 15) is 14.7 Å². The Morgan fingerprint density at radius 1 is 1.07 bits per heavy atom. The molecule has 0 saturated carbocycles. The highest BCUT2D eigenvalue weighted by Crippen LogP contribution is 2.20.